The molecule has 0 atom stereocenters. The van der Waals surface area contributed by atoms with Crippen LogP contribution in [0.5, 0.6) is 11.5 Å². The predicted octanol–water partition coefficient (Wildman–Crippen LogP) is 2.89. The van der Waals surface area contributed by atoms with Gasteiger partial charge in [-0.3, -0.25) is 4.79 Å². The third-order valence-electron chi connectivity index (χ3n) is 5.64. The Balaban J connectivity index is 1.83. The Morgan fingerprint density at radius 3 is 2.45 bits per heavy atom. The fourth-order valence-electron chi connectivity index (χ4n) is 4.02. The van der Waals surface area contributed by atoms with E-state index in [1.807, 2.05) is 30.0 Å². The van der Waals surface area contributed by atoms with Crippen molar-refractivity contribution >= 4 is 11.6 Å². The Labute approximate surface area is 180 Å². The topological polar surface area (TPSA) is 91.1 Å². The quantitative estimate of drug-likeness (QED) is 0.600. The standard InChI is InChI=1S/C22H27N5O4/c1-14-20(22(28)26-10-6-5-7-11-26)23-24-21-19(16(13-29-2)25-27(14)21)15-8-9-17(30-3)18(12-15)31-4/h8-9,12H,5-7,10-11,13H2,1-4H3. The lowest BCUT2D eigenvalue weighted by Gasteiger charge is -2.26. The van der Waals surface area contributed by atoms with Crippen molar-refractivity contribution in [3.63, 3.8) is 0 Å². The van der Waals surface area contributed by atoms with Gasteiger partial charge in [0.15, 0.2) is 22.8 Å². The first-order valence-corrected chi connectivity index (χ1v) is 10.3. The van der Waals surface area contributed by atoms with Crippen molar-refractivity contribution in [1.82, 2.24) is 24.7 Å². The average molecular weight is 425 g/mol. The molecule has 3 aromatic rings. The molecular formula is C22H27N5O4. The van der Waals surface area contributed by atoms with Crippen molar-refractivity contribution in [1.29, 1.82) is 0 Å². The number of amides is 1. The maximum Gasteiger partial charge on any atom is 0.276 e. The number of nitrogens with zero attached hydrogens (tertiary/aromatic N) is 5. The molecule has 1 amide bonds. The van der Waals surface area contributed by atoms with Crippen LogP contribution in [-0.4, -0.2) is 65.0 Å². The molecule has 9 nitrogen and oxygen atoms in total. The summed E-state index contributed by atoms with van der Waals surface area (Å²) in [6.07, 6.45) is 3.19. The van der Waals surface area contributed by atoms with E-state index in [4.69, 9.17) is 19.3 Å². The number of aromatic nitrogens is 4. The summed E-state index contributed by atoms with van der Waals surface area (Å²) in [6, 6.07) is 5.63. The summed E-state index contributed by atoms with van der Waals surface area (Å²) in [5.41, 5.74) is 3.89. The molecule has 164 valence electrons. The van der Waals surface area contributed by atoms with Crippen LogP contribution in [0, 0.1) is 6.92 Å². The van der Waals surface area contributed by atoms with Gasteiger partial charge in [-0.15, -0.1) is 10.2 Å². The van der Waals surface area contributed by atoms with Gasteiger partial charge in [-0.2, -0.15) is 5.10 Å². The van der Waals surface area contributed by atoms with Gasteiger partial charge in [0.1, 0.15) is 0 Å². The summed E-state index contributed by atoms with van der Waals surface area (Å²) >= 11 is 0. The smallest absolute Gasteiger partial charge is 0.276 e. The number of ether oxygens (including phenoxy) is 3. The molecule has 0 N–H and O–H groups in total. The minimum absolute atomic E-state index is 0.0944. The second-order valence-electron chi connectivity index (χ2n) is 7.55. The zero-order valence-corrected chi connectivity index (χ0v) is 18.3. The molecule has 1 aliphatic heterocycles. The number of aryl methyl sites for hydroxylation is 1. The van der Waals surface area contributed by atoms with Crippen molar-refractivity contribution in [3.8, 4) is 22.6 Å². The lowest BCUT2D eigenvalue weighted by Crippen LogP contribution is -2.37. The SMILES string of the molecule is COCc1nn2c(C)c(C(=O)N3CCCCC3)nnc2c1-c1ccc(OC)c(OC)c1. The molecule has 0 unspecified atom stereocenters. The number of carbonyl (C=O) groups excluding carboxylic acids is 1. The summed E-state index contributed by atoms with van der Waals surface area (Å²) < 4.78 is 17.9. The summed E-state index contributed by atoms with van der Waals surface area (Å²) in [5.74, 6) is 1.14. The fourth-order valence-corrected chi connectivity index (χ4v) is 4.02. The zero-order chi connectivity index (χ0) is 22.0. The fraction of sp³-hybridized carbons (Fsp3) is 0.455. The Kier molecular flexibility index (Phi) is 6.03. The Morgan fingerprint density at radius 2 is 1.77 bits per heavy atom. The van der Waals surface area contributed by atoms with Crippen LogP contribution in [0.1, 0.15) is 41.1 Å². The van der Waals surface area contributed by atoms with Crippen LogP contribution in [0.15, 0.2) is 18.2 Å². The van der Waals surface area contributed by atoms with Gasteiger partial charge in [0.05, 0.1) is 37.8 Å². The highest BCUT2D eigenvalue weighted by atomic mass is 16.5. The maximum absolute atomic E-state index is 13.0. The van der Waals surface area contributed by atoms with Crippen LogP contribution in [0.3, 0.4) is 0 Å². The normalized spacial score (nSPS) is 14.1. The Morgan fingerprint density at radius 1 is 1.03 bits per heavy atom. The van der Waals surface area contributed by atoms with Crippen LogP contribution in [0.2, 0.25) is 0 Å². The number of carbonyl (C=O) groups is 1. The number of hydrogen-bond acceptors (Lipinski definition) is 7. The monoisotopic (exact) mass is 425 g/mol. The van der Waals surface area contributed by atoms with Gasteiger partial charge in [-0.05, 0) is 43.9 Å². The minimum Gasteiger partial charge on any atom is -0.493 e. The van der Waals surface area contributed by atoms with Crippen LogP contribution < -0.4 is 9.47 Å². The van der Waals surface area contributed by atoms with Gasteiger partial charge >= 0.3 is 0 Å². The molecule has 9 heteroatoms. The van der Waals surface area contributed by atoms with E-state index >= 15 is 0 Å². The second kappa shape index (κ2) is 8.89. The number of hydrogen-bond donors (Lipinski definition) is 0. The summed E-state index contributed by atoms with van der Waals surface area (Å²) in [6.45, 7) is 3.65. The first-order chi connectivity index (χ1) is 15.1. The average Bonchev–Trinajstić information content (AvgIpc) is 3.18. The third-order valence-corrected chi connectivity index (χ3v) is 5.64. The molecule has 0 spiro atoms. The van der Waals surface area contributed by atoms with Crippen LogP contribution in [-0.2, 0) is 11.3 Å². The summed E-state index contributed by atoms with van der Waals surface area (Å²) in [7, 11) is 4.81. The lowest BCUT2D eigenvalue weighted by molar-refractivity contribution is 0.0715. The van der Waals surface area contributed by atoms with E-state index in [0.29, 0.717) is 40.8 Å². The van der Waals surface area contributed by atoms with Gasteiger partial charge in [0.2, 0.25) is 0 Å². The first-order valence-electron chi connectivity index (χ1n) is 10.3. The maximum atomic E-state index is 13.0. The molecule has 1 saturated heterocycles. The number of likely N-dealkylation sites (tertiary alicyclic amines) is 1. The van der Waals surface area contributed by atoms with E-state index in [9.17, 15) is 4.79 Å². The minimum atomic E-state index is -0.0944. The molecule has 0 saturated carbocycles. The van der Waals surface area contributed by atoms with Gasteiger partial charge < -0.3 is 19.1 Å². The molecular weight excluding hydrogens is 398 g/mol. The highest BCUT2D eigenvalue weighted by molar-refractivity contribution is 5.94. The van der Waals surface area contributed by atoms with Gasteiger partial charge in [0.25, 0.3) is 5.91 Å². The van der Waals surface area contributed by atoms with E-state index in [2.05, 4.69) is 10.2 Å². The molecule has 1 aromatic carbocycles. The molecule has 31 heavy (non-hydrogen) atoms. The molecule has 3 heterocycles. The van der Waals surface area contributed by atoms with E-state index < -0.39 is 0 Å². The van der Waals surface area contributed by atoms with Gasteiger partial charge in [0, 0.05) is 20.2 Å². The van der Waals surface area contributed by atoms with Gasteiger partial charge in [-0.25, -0.2) is 4.52 Å². The number of piperidine rings is 1. The zero-order valence-electron chi connectivity index (χ0n) is 18.3. The second-order valence-corrected chi connectivity index (χ2v) is 7.55. The number of rotatable bonds is 6. The van der Waals surface area contributed by atoms with Crippen LogP contribution in [0.25, 0.3) is 16.8 Å². The number of fused-ring (bicyclic) bond motifs is 1. The molecule has 1 fully saturated rings. The molecule has 4 rings (SSSR count). The van der Waals surface area contributed by atoms with E-state index in [1.165, 1.54) is 0 Å². The van der Waals surface area contributed by atoms with Crippen LogP contribution in [0.4, 0.5) is 0 Å². The van der Waals surface area contributed by atoms with Crippen molar-refractivity contribution in [3.05, 3.63) is 35.3 Å². The Bertz CT molecular complexity index is 1100. The number of benzene rings is 1. The van der Waals surface area contributed by atoms with Gasteiger partial charge in [-0.1, -0.05) is 6.07 Å². The van der Waals surface area contributed by atoms with Crippen LogP contribution >= 0.6 is 0 Å². The predicted molar refractivity (Wildman–Crippen MR) is 115 cm³/mol. The lowest BCUT2D eigenvalue weighted by atomic mass is 10.1. The summed E-state index contributed by atoms with van der Waals surface area (Å²) in [4.78, 5) is 14.9. The first kappa shape index (κ1) is 21.0. The Hall–Kier alpha value is -3.20. The highest BCUT2D eigenvalue weighted by Crippen LogP contribution is 2.35. The molecule has 0 bridgehead atoms. The molecule has 2 aromatic heterocycles. The summed E-state index contributed by atoms with van der Waals surface area (Å²) in [5, 5.41) is 13.4. The highest BCUT2D eigenvalue weighted by Gasteiger charge is 2.26. The van der Waals surface area contributed by atoms with Crippen molar-refractivity contribution < 1.29 is 19.0 Å². The third kappa shape index (κ3) is 3.81. The number of methoxy groups -OCH3 is 3. The molecule has 0 radical (unpaired) electrons. The van der Waals surface area contributed by atoms with E-state index in [0.717, 1.165) is 43.5 Å². The van der Waals surface area contributed by atoms with Crippen molar-refractivity contribution in [2.75, 3.05) is 34.4 Å². The van der Waals surface area contributed by atoms with Crippen molar-refractivity contribution in [2.45, 2.75) is 32.8 Å². The van der Waals surface area contributed by atoms with E-state index in [-0.39, 0.29) is 5.91 Å². The van der Waals surface area contributed by atoms with E-state index in [1.54, 1.807) is 25.8 Å². The largest absolute Gasteiger partial charge is 0.493 e. The molecule has 1 aliphatic rings. The van der Waals surface area contributed by atoms with Crippen molar-refractivity contribution in [2.24, 2.45) is 0 Å². The molecule has 0 aliphatic carbocycles.